The van der Waals surface area contributed by atoms with Gasteiger partial charge in [0.05, 0.1) is 18.2 Å². The molecule has 5 heteroatoms. The molecule has 0 aliphatic heterocycles. The lowest BCUT2D eigenvalue weighted by Gasteiger charge is -1.95. The van der Waals surface area contributed by atoms with Crippen molar-refractivity contribution in [3.8, 4) is 17.3 Å². The van der Waals surface area contributed by atoms with E-state index < -0.39 is 0 Å². The number of hydrogen-bond donors (Lipinski definition) is 0. The lowest BCUT2D eigenvalue weighted by molar-refractivity contribution is 0.561. The van der Waals surface area contributed by atoms with Gasteiger partial charge in [-0.15, -0.1) is 11.3 Å². The van der Waals surface area contributed by atoms with E-state index in [1.807, 2.05) is 30.5 Å². The molecule has 0 N–H and O–H groups in total. The number of rotatable bonds is 2. The second-order valence-electron chi connectivity index (χ2n) is 3.88. The predicted molar refractivity (Wildman–Crippen MR) is 69.2 cm³/mol. The van der Waals surface area contributed by atoms with Crippen molar-refractivity contribution < 1.29 is 4.42 Å². The van der Waals surface area contributed by atoms with Crippen molar-refractivity contribution in [2.24, 2.45) is 0 Å². The second-order valence-corrected chi connectivity index (χ2v) is 4.82. The molecule has 0 radical (unpaired) electrons. The van der Waals surface area contributed by atoms with E-state index >= 15 is 0 Å². The molecule has 1 aromatic carbocycles. The van der Waals surface area contributed by atoms with E-state index in [0.29, 0.717) is 12.3 Å². The highest BCUT2D eigenvalue weighted by Gasteiger charge is 2.07. The Kier molecular flexibility index (Phi) is 2.58. The van der Waals surface area contributed by atoms with Crippen LogP contribution in [0.25, 0.3) is 22.4 Å². The quantitative estimate of drug-likeness (QED) is 0.704. The van der Waals surface area contributed by atoms with Crippen LogP contribution in [0, 0.1) is 18.3 Å². The summed E-state index contributed by atoms with van der Waals surface area (Å²) in [5, 5.41) is 11.4. The van der Waals surface area contributed by atoms with E-state index in [0.717, 1.165) is 27.4 Å². The minimum absolute atomic E-state index is 0.357. The number of nitriles is 1. The molecule has 0 amide bonds. The molecule has 0 saturated heterocycles. The molecule has 2 aromatic heterocycles. The maximum Gasteiger partial charge on any atom is 0.192 e. The van der Waals surface area contributed by atoms with Gasteiger partial charge in [0.2, 0.25) is 0 Å². The Bertz CT molecular complexity index is 751. The van der Waals surface area contributed by atoms with Crippen molar-refractivity contribution in [2.45, 2.75) is 13.3 Å². The van der Waals surface area contributed by atoms with Crippen LogP contribution < -0.4 is 0 Å². The number of fused-ring (bicyclic) bond motifs is 1. The van der Waals surface area contributed by atoms with E-state index in [-0.39, 0.29) is 0 Å². The number of oxazole rings is 1. The van der Waals surface area contributed by atoms with Gasteiger partial charge in [0, 0.05) is 17.9 Å². The van der Waals surface area contributed by atoms with E-state index in [1.54, 1.807) is 0 Å². The van der Waals surface area contributed by atoms with Crippen LogP contribution >= 0.6 is 11.3 Å². The largest absolute Gasteiger partial charge is 0.441 e. The van der Waals surface area contributed by atoms with Crippen LogP contribution in [0.1, 0.15) is 10.9 Å². The Labute approximate surface area is 108 Å². The fourth-order valence-electron chi connectivity index (χ4n) is 1.79. The van der Waals surface area contributed by atoms with Gasteiger partial charge in [-0.2, -0.15) is 5.26 Å². The number of benzene rings is 1. The summed E-state index contributed by atoms with van der Waals surface area (Å²) >= 11 is 1.50. The summed E-state index contributed by atoms with van der Waals surface area (Å²) in [5.41, 5.74) is 3.49. The van der Waals surface area contributed by atoms with Gasteiger partial charge >= 0.3 is 0 Å². The van der Waals surface area contributed by atoms with Crippen LogP contribution in [0.5, 0.6) is 0 Å². The number of nitrogens with zero attached hydrogens (tertiary/aromatic N) is 3. The second kappa shape index (κ2) is 4.24. The van der Waals surface area contributed by atoms with Crippen LogP contribution in [-0.2, 0) is 6.42 Å². The summed E-state index contributed by atoms with van der Waals surface area (Å²) in [5.74, 6) is 0.658. The molecule has 0 unspecified atom stereocenters. The van der Waals surface area contributed by atoms with E-state index in [2.05, 4.69) is 16.0 Å². The lowest BCUT2D eigenvalue weighted by atomic mass is 10.1. The summed E-state index contributed by atoms with van der Waals surface area (Å²) in [4.78, 5) is 8.72. The van der Waals surface area contributed by atoms with Crippen LogP contribution in [0.3, 0.4) is 0 Å². The monoisotopic (exact) mass is 255 g/mol. The third-order valence-electron chi connectivity index (χ3n) is 2.57. The number of hydrogen-bond acceptors (Lipinski definition) is 5. The molecule has 0 fully saturated rings. The average Bonchev–Trinajstić information content (AvgIpc) is 2.93. The fourth-order valence-corrected chi connectivity index (χ4v) is 2.53. The summed E-state index contributed by atoms with van der Waals surface area (Å²) in [7, 11) is 0. The molecule has 88 valence electrons. The van der Waals surface area contributed by atoms with Crippen molar-refractivity contribution >= 4 is 22.4 Å². The zero-order valence-electron chi connectivity index (χ0n) is 9.67. The van der Waals surface area contributed by atoms with Gasteiger partial charge < -0.3 is 4.42 Å². The zero-order valence-corrected chi connectivity index (χ0v) is 10.5. The van der Waals surface area contributed by atoms with Crippen molar-refractivity contribution in [1.82, 2.24) is 9.97 Å². The molecule has 18 heavy (non-hydrogen) atoms. The molecule has 0 spiro atoms. The first kappa shape index (κ1) is 10.9. The van der Waals surface area contributed by atoms with Gasteiger partial charge in [-0.05, 0) is 18.2 Å². The highest BCUT2D eigenvalue weighted by atomic mass is 32.1. The van der Waals surface area contributed by atoms with E-state index in [9.17, 15) is 0 Å². The molecule has 0 atom stereocenters. The summed E-state index contributed by atoms with van der Waals surface area (Å²) < 4.78 is 5.43. The first-order valence-corrected chi connectivity index (χ1v) is 6.33. The molecule has 2 heterocycles. The Morgan fingerprint density at radius 3 is 3.11 bits per heavy atom. The fraction of sp³-hybridized carbons (Fsp3) is 0.154. The van der Waals surface area contributed by atoms with Crippen LogP contribution in [0.4, 0.5) is 0 Å². The predicted octanol–water partition coefficient (Wildman–Crippen LogP) is 3.33. The molecular formula is C13H9N3OS. The molecule has 3 aromatic rings. The smallest absolute Gasteiger partial charge is 0.192 e. The summed E-state index contributed by atoms with van der Waals surface area (Å²) in [6, 6.07) is 7.91. The molecule has 0 aliphatic rings. The summed E-state index contributed by atoms with van der Waals surface area (Å²) in [6.07, 6.45) is 0.357. The Morgan fingerprint density at radius 2 is 2.28 bits per heavy atom. The summed E-state index contributed by atoms with van der Waals surface area (Å²) in [6.45, 7) is 1.83. The Morgan fingerprint density at radius 1 is 1.39 bits per heavy atom. The van der Waals surface area contributed by atoms with Gasteiger partial charge in [0.25, 0.3) is 0 Å². The van der Waals surface area contributed by atoms with Gasteiger partial charge in [0.15, 0.2) is 11.5 Å². The van der Waals surface area contributed by atoms with Crippen LogP contribution in [0.15, 0.2) is 28.0 Å². The maximum absolute atomic E-state index is 8.64. The zero-order chi connectivity index (χ0) is 12.5. The van der Waals surface area contributed by atoms with Crippen LogP contribution in [0.2, 0.25) is 0 Å². The number of thiazole rings is 1. The number of aromatic nitrogens is 2. The first-order valence-electron chi connectivity index (χ1n) is 5.45. The highest BCUT2D eigenvalue weighted by Crippen LogP contribution is 2.26. The minimum Gasteiger partial charge on any atom is -0.441 e. The molecule has 4 nitrogen and oxygen atoms in total. The molecule has 0 aliphatic carbocycles. The van der Waals surface area contributed by atoms with E-state index in [1.165, 1.54) is 11.3 Å². The van der Waals surface area contributed by atoms with Crippen LogP contribution in [-0.4, -0.2) is 9.97 Å². The molecule has 3 rings (SSSR count). The van der Waals surface area contributed by atoms with Crippen molar-refractivity contribution in [3.63, 3.8) is 0 Å². The Hall–Kier alpha value is -2.19. The van der Waals surface area contributed by atoms with Gasteiger partial charge in [0.1, 0.15) is 10.5 Å². The molecular weight excluding hydrogens is 246 g/mol. The molecule has 0 saturated carbocycles. The highest BCUT2D eigenvalue weighted by molar-refractivity contribution is 7.10. The van der Waals surface area contributed by atoms with E-state index in [4.69, 9.17) is 9.68 Å². The number of aryl methyl sites for hydroxylation is 1. The van der Waals surface area contributed by atoms with Crippen molar-refractivity contribution in [3.05, 3.63) is 34.5 Å². The average molecular weight is 255 g/mol. The third kappa shape index (κ3) is 1.87. The first-order chi connectivity index (χ1) is 8.76. The molecule has 0 bridgehead atoms. The van der Waals surface area contributed by atoms with Gasteiger partial charge in [-0.1, -0.05) is 0 Å². The maximum atomic E-state index is 8.64. The van der Waals surface area contributed by atoms with Gasteiger partial charge in [-0.3, -0.25) is 0 Å². The van der Waals surface area contributed by atoms with Crippen molar-refractivity contribution in [1.29, 1.82) is 5.26 Å². The van der Waals surface area contributed by atoms with Gasteiger partial charge in [-0.25, -0.2) is 9.97 Å². The standard InChI is InChI=1S/C13H9N3OS/c1-8-15-10-6-9(2-3-12(10)17-8)11-7-18-13(16-11)4-5-14/h2-3,6-7H,4H2,1H3. The lowest BCUT2D eigenvalue weighted by Crippen LogP contribution is -1.81. The topological polar surface area (TPSA) is 62.7 Å². The normalized spacial score (nSPS) is 10.7. The van der Waals surface area contributed by atoms with Crippen molar-refractivity contribution in [2.75, 3.05) is 0 Å². The SMILES string of the molecule is Cc1nc2cc(-c3csc(CC#N)n3)ccc2o1. The minimum atomic E-state index is 0.357. The third-order valence-corrected chi connectivity index (χ3v) is 3.42. The Balaban J connectivity index is 2.04.